The maximum Gasteiger partial charge on any atom is 0.244 e. The van der Waals surface area contributed by atoms with Crippen molar-refractivity contribution >= 4 is 37.3 Å². The monoisotopic (exact) mass is 367 g/mol. The zero-order valence-corrected chi connectivity index (χ0v) is 14.0. The lowest BCUT2D eigenvalue weighted by Gasteiger charge is -2.34. The van der Waals surface area contributed by atoms with Crippen LogP contribution in [0.25, 0.3) is 0 Å². The molecule has 7 heteroatoms. The second kappa shape index (κ2) is 6.22. The van der Waals surface area contributed by atoms with Gasteiger partial charge in [-0.15, -0.1) is 11.3 Å². The van der Waals surface area contributed by atoms with Crippen molar-refractivity contribution in [3.63, 3.8) is 0 Å². The van der Waals surface area contributed by atoms with Crippen molar-refractivity contribution in [1.82, 2.24) is 4.31 Å². The number of nitrogens with zero attached hydrogens (tertiary/aromatic N) is 1. The molecule has 1 unspecified atom stereocenters. The summed E-state index contributed by atoms with van der Waals surface area (Å²) in [4.78, 5) is 1.20. The van der Waals surface area contributed by atoms with Gasteiger partial charge in [0, 0.05) is 24.1 Å². The van der Waals surface area contributed by atoms with Gasteiger partial charge in [0.05, 0.1) is 8.68 Å². The second-order valence-corrected chi connectivity index (χ2v) is 9.24. The molecule has 1 aliphatic heterocycles. The summed E-state index contributed by atoms with van der Waals surface area (Å²) in [6, 6.07) is 1.61. The topological polar surface area (TPSA) is 57.6 Å². The summed E-state index contributed by atoms with van der Waals surface area (Å²) in [5, 5.41) is 9.10. The SMILES string of the molecule is Cc1sc(Br)cc1S(=O)(=O)N1CCCCC1CCO. The highest BCUT2D eigenvalue weighted by Crippen LogP contribution is 2.34. The fourth-order valence-electron chi connectivity index (χ4n) is 2.54. The highest BCUT2D eigenvalue weighted by atomic mass is 79.9. The van der Waals surface area contributed by atoms with Crippen LogP contribution in [0.3, 0.4) is 0 Å². The van der Waals surface area contributed by atoms with E-state index in [4.69, 9.17) is 5.11 Å². The molecule has 0 saturated carbocycles. The summed E-state index contributed by atoms with van der Waals surface area (Å²) >= 11 is 4.78. The molecule has 1 N–H and O–H groups in total. The van der Waals surface area contributed by atoms with Crippen LogP contribution in [0.5, 0.6) is 0 Å². The van der Waals surface area contributed by atoms with E-state index in [0.717, 1.165) is 27.9 Å². The Balaban J connectivity index is 2.34. The zero-order valence-electron chi connectivity index (χ0n) is 10.8. The molecule has 108 valence electrons. The minimum atomic E-state index is -3.44. The number of hydrogen-bond donors (Lipinski definition) is 1. The van der Waals surface area contributed by atoms with E-state index in [0.29, 0.717) is 17.9 Å². The maximum absolute atomic E-state index is 12.7. The van der Waals surface area contributed by atoms with Gasteiger partial charge in [0.25, 0.3) is 0 Å². The Morgan fingerprint density at radius 2 is 2.26 bits per heavy atom. The number of thiophene rings is 1. The lowest BCUT2D eigenvalue weighted by molar-refractivity contribution is 0.192. The predicted octanol–water partition coefficient (Wildman–Crippen LogP) is 2.74. The van der Waals surface area contributed by atoms with Crippen LogP contribution in [0.2, 0.25) is 0 Å². The van der Waals surface area contributed by atoms with E-state index in [1.54, 1.807) is 10.4 Å². The van der Waals surface area contributed by atoms with Crippen molar-refractivity contribution in [3.8, 4) is 0 Å². The van der Waals surface area contributed by atoms with Crippen molar-refractivity contribution in [1.29, 1.82) is 0 Å². The highest BCUT2D eigenvalue weighted by molar-refractivity contribution is 9.11. The molecule has 19 heavy (non-hydrogen) atoms. The van der Waals surface area contributed by atoms with Gasteiger partial charge in [-0.2, -0.15) is 4.31 Å². The summed E-state index contributed by atoms with van der Waals surface area (Å²) in [6.07, 6.45) is 3.28. The van der Waals surface area contributed by atoms with Crippen molar-refractivity contribution in [2.75, 3.05) is 13.2 Å². The molecular weight excluding hydrogens is 350 g/mol. The van der Waals surface area contributed by atoms with Gasteiger partial charge in [-0.25, -0.2) is 8.42 Å². The summed E-state index contributed by atoms with van der Waals surface area (Å²) in [6.45, 7) is 2.41. The molecule has 2 rings (SSSR count). The number of halogens is 1. The maximum atomic E-state index is 12.7. The lowest BCUT2D eigenvalue weighted by atomic mass is 10.0. The molecule has 4 nitrogen and oxygen atoms in total. The molecule has 0 spiro atoms. The van der Waals surface area contributed by atoms with Crippen LogP contribution in [0.15, 0.2) is 14.7 Å². The van der Waals surface area contributed by atoms with Gasteiger partial charge in [-0.3, -0.25) is 0 Å². The van der Waals surface area contributed by atoms with Crippen molar-refractivity contribution in [2.24, 2.45) is 0 Å². The number of rotatable bonds is 4. The van der Waals surface area contributed by atoms with Crippen molar-refractivity contribution in [3.05, 3.63) is 14.7 Å². The zero-order chi connectivity index (χ0) is 14.0. The molecule has 1 aromatic heterocycles. The van der Waals surface area contributed by atoms with E-state index in [-0.39, 0.29) is 12.6 Å². The Labute approximate surface area is 126 Å². The molecular formula is C12H18BrNO3S2. The summed E-state index contributed by atoms with van der Waals surface area (Å²) in [7, 11) is -3.44. The van der Waals surface area contributed by atoms with Crippen molar-refractivity contribution in [2.45, 2.75) is 43.5 Å². The smallest absolute Gasteiger partial charge is 0.244 e. The standard InChI is InChI=1S/C12H18BrNO3S2/c1-9-11(8-12(13)18-9)19(16,17)14-6-3-2-4-10(14)5-7-15/h8,10,15H,2-7H2,1H3. The highest BCUT2D eigenvalue weighted by Gasteiger charge is 2.34. The van der Waals surface area contributed by atoms with Crippen LogP contribution >= 0.6 is 27.3 Å². The normalized spacial score (nSPS) is 21.7. The quantitative estimate of drug-likeness (QED) is 0.889. The predicted molar refractivity (Wildman–Crippen MR) is 80.0 cm³/mol. The molecule has 1 fully saturated rings. The van der Waals surface area contributed by atoms with E-state index >= 15 is 0 Å². The number of sulfonamides is 1. The Hall–Kier alpha value is 0.0500. The van der Waals surface area contributed by atoms with Gasteiger partial charge in [0.1, 0.15) is 0 Å². The van der Waals surface area contributed by atoms with E-state index in [1.807, 2.05) is 6.92 Å². The van der Waals surface area contributed by atoms with Crippen LogP contribution in [0.4, 0.5) is 0 Å². The fourth-order valence-corrected chi connectivity index (χ4v) is 6.65. The lowest BCUT2D eigenvalue weighted by Crippen LogP contribution is -2.44. The third-order valence-electron chi connectivity index (χ3n) is 3.46. The van der Waals surface area contributed by atoms with Gasteiger partial charge in [0.15, 0.2) is 0 Å². The van der Waals surface area contributed by atoms with Gasteiger partial charge in [0.2, 0.25) is 10.0 Å². The first-order valence-electron chi connectivity index (χ1n) is 6.35. The van der Waals surface area contributed by atoms with E-state index in [2.05, 4.69) is 15.9 Å². The number of aliphatic hydroxyl groups excluding tert-OH is 1. The Morgan fingerprint density at radius 3 is 2.84 bits per heavy atom. The third kappa shape index (κ3) is 3.21. The minimum Gasteiger partial charge on any atom is -0.396 e. The molecule has 0 aromatic carbocycles. The molecule has 1 aromatic rings. The van der Waals surface area contributed by atoms with Crippen LogP contribution in [0.1, 0.15) is 30.6 Å². The van der Waals surface area contributed by atoms with E-state index in [1.165, 1.54) is 11.3 Å². The average molecular weight is 368 g/mol. The third-order valence-corrected chi connectivity index (χ3v) is 7.22. The molecule has 0 aliphatic carbocycles. The Morgan fingerprint density at radius 1 is 1.53 bits per heavy atom. The summed E-state index contributed by atoms with van der Waals surface area (Å²) in [5.74, 6) is 0. The Bertz CT molecular complexity index is 539. The number of piperidine rings is 1. The van der Waals surface area contributed by atoms with Crippen LogP contribution in [-0.2, 0) is 10.0 Å². The molecule has 1 saturated heterocycles. The number of aliphatic hydroxyl groups is 1. The van der Waals surface area contributed by atoms with Gasteiger partial charge < -0.3 is 5.11 Å². The summed E-state index contributed by atoms with van der Waals surface area (Å²) in [5.41, 5.74) is 0. The first-order chi connectivity index (χ1) is 8.96. The molecule has 0 bridgehead atoms. The van der Waals surface area contributed by atoms with Crippen molar-refractivity contribution < 1.29 is 13.5 Å². The van der Waals surface area contributed by atoms with Gasteiger partial charge in [-0.1, -0.05) is 6.42 Å². The Kier molecular flexibility index (Phi) is 5.05. The minimum absolute atomic E-state index is 0.0308. The van der Waals surface area contributed by atoms with Gasteiger partial charge >= 0.3 is 0 Å². The molecule has 0 radical (unpaired) electrons. The molecule has 2 heterocycles. The van der Waals surface area contributed by atoms with E-state index < -0.39 is 10.0 Å². The number of hydrogen-bond acceptors (Lipinski definition) is 4. The van der Waals surface area contributed by atoms with Crippen LogP contribution in [-0.4, -0.2) is 37.0 Å². The van der Waals surface area contributed by atoms with Crippen LogP contribution in [0, 0.1) is 6.92 Å². The molecule has 1 atom stereocenters. The first kappa shape index (κ1) is 15.4. The van der Waals surface area contributed by atoms with Crippen LogP contribution < -0.4 is 0 Å². The summed E-state index contributed by atoms with van der Waals surface area (Å²) < 4.78 is 27.9. The average Bonchev–Trinajstić information content (AvgIpc) is 2.70. The van der Waals surface area contributed by atoms with E-state index in [9.17, 15) is 8.42 Å². The fraction of sp³-hybridized carbons (Fsp3) is 0.667. The second-order valence-electron chi connectivity index (χ2n) is 4.75. The first-order valence-corrected chi connectivity index (χ1v) is 9.40. The largest absolute Gasteiger partial charge is 0.396 e. The number of aryl methyl sites for hydroxylation is 1. The molecule has 0 amide bonds. The van der Waals surface area contributed by atoms with Gasteiger partial charge in [-0.05, 0) is 48.2 Å². The molecule has 1 aliphatic rings.